The Bertz CT molecular complexity index is 213. The molecular formula is C15H31NO. The minimum atomic E-state index is 0.0855. The van der Waals surface area contributed by atoms with Crippen molar-refractivity contribution in [3.8, 4) is 0 Å². The minimum absolute atomic E-state index is 0.0855. The maximum absolute atomic E-state index is 6.21. The summed E-state index contributed by atoms with van der Waals surface area (Å²) in [6.45, 7) is 13.3. The van der Waals surface area contributed by atoms with Crippen molar-refractivity contribution in [2.45, 2.75) is 78.4 Å². The molecule has 0 spiro atoms. The third kappa shape index (κ3) is 3.69. The number of rotatable bonds is 6. The van der Waals surface area contributed by atoms with E-state index in [0.717, 1.165) is 13.2 Å². The van der Waals surface area contributed by atoms with E-state index in [1.54, 1.807) is 0 Å². The second kappa shape index (κ2) is 6.19. The Kier molecular flexibility index (Phi) is 5.46. The molecule has 0 aromatic heterocycles. The van der Waals surface area contributed by atoms with Crippen molar-refractivity contribution >= 4 is 0 Å². The van der Waals surface area contributed by atoms with Gasteiger partial charge in [0.1, 0.15) is 0 Å². The molecule has 1 atom stereocenters. The van der Waals surface area contributed by atoms with Crippen LogP contribution in [0.3, 0.4) is 0 Å². The average Bonchev–Trinajstić information content (AvgIpc) is 2.66. The molecule has 1 aliphatic rings. The van der Waals surface area contributed by atoms with Gasteiger partial charge in [0, 0.05) is 12.6 Å². The Labute approximate surface area is 108 Å². The van der Waals surface area contributed by atoms with Crippen LogP contribution in [0.5, 0.6) is 0 Å². The van der Waals surface area contributed by atoms with E-state index in [0.29, 0.717) is 6.04 Å². The van der Waals surface area contributed by atoms with Crippen LogP contribution in [0.1, 0.15) is 66.7 Å². The zero-order valence-corrected chi connectivity index (χ0v) is 12.4. The number of nitrogens with one attached hydrogen (secondary N) is 1. The highest BCUT2D eigenvalue weighted by atomic mass is 16.5. The van der Waals surface area contributed by atoms with Gasteiger partial charge in [-0.25, -0.2) is 0 Å². The zero-order valence-electron chi connectivity index (χ0n) is 12.4. The molecule has 1 rings (SSSR count). The fourth-order valence-electron chi connectivity index (χ4n) is 3.35. The lowest BCUT2D eigenvalue weighted by atomic mass is 9.75. The molecule has 0 radical (unpaired) electrons. The van der Waals surface area contributed by atoms with Crippen LogP contribution in [0.2, 0.25) is 0 Å². The normalized spacial score (nSPS) is 21.7. The SMILES string of the molecule is CCCNC(C(C)(C)C)C1(OCC)CCCC1. The van der Waals surface area contributed by atoms with Crippen LogP contribution >= 0.6 is 0 Å². The topological polar surface area (TPSA) is 21.3 Å². The molecule has 1 aliphatic carbocycles. The molecule has 0 bridgehead atoms. The Balaban J connectivity index is 2.84. The first kappa shape index (κ1) is 15.0. The van der Waals surface area contributed by atoms with E-state index in [-0.39, 0.29) is 11.0 Å². The largest absolute Gasteiger partial charge is 0.374 e. The Hall–Kier alpha value is -0.0800. The van der Waals surface area contributed by atoms with Gasteiger partial charge in [-0.3, -0.25) is 0 Å². The summed E-state index contributed by atoms with van der Waals surface area (Å²) in [5.74, 6) is 0. The van der Waals surface area contributed by atoms with Gasteiger partial charge in [-0.05, 0) is 38.1 Å². The second-order valence-corrected chi connectivity index (χ2v) is 6.46. The fraction of sp³-hybridized carbons (Fsp3) is 1.00. The summed E-state index contributed by atoms with van der Waals surface area (Å²) in [5.41, 5.74) is 0.344. The van der Waals surface area contributed by atoms with Crippen LogP contribution in [-0.2, 0) is 4.74 Å². The fourth-order valence-corrected chi connectivity index (χ4v) is 3.35. The predicted molar refractivity (Wildman–Crippen MR) is 74.4 cm³/mol. The molecule has 17 heavy (non-hydrogen) atoms. The summed E-state index contributed by atoms with van der Waals surface area (Å²) in [7, 11) is 0. The third-order valence-corrected chi connectivity index (χ3v) is 3.87. The summed E-state index contributed by atoms with van der Waals surface area (Å²) >= 11 is 0. The van der Waals surface area contributed by atoms with Gasteiger partial charge in [0.15, 0.2) is 0 Å². The van der Waals surface area contributed by atoms with Crippen molar-refractivity contribution in [2.24, 2.45) is 5.41 Å². The van der Waals surface area contributed by atoms with Gasteiger partial charge in [-0.15, -0.1) is 0 Å². The van der Waals surface area contributed by atoms with Crippen LogP contribution < -0.4 is 5.32 Å². The summed E-state index contributed by atoms with van der Waals surface area (Å²) in [6.07, 6.45) is 6.27. The molecule has 2 nitrogen and oxygen atoms in total. The van der Waals surface area contributed by atoms with E-state index in [9.17, 15) is 0 Å². The summed E-state index contributed by atoms with van der Waals surface area (Å²) < 4.78 is 6.21. The first-order valence-corrected chi connectivity index (χ1v) is 7.33. The highest BCUT2D eigenvalue weighted by Gasteiger charge is 2.46. The van der Waals surface area contributed by atoms with Gasteiger partial charge >= 0.3 is 0 Å². The quantitative estimate of drug-likeness (QED) is 0.764. The molecular weight excluding hydrogens is 210 g/mol. The summed E-state index contributed by atoms with van der Waals surface area (Å²) in [4.78, 5) is 0. The highest BCUT2D eigenvalue weighted by Crippen LogP contribution is 2.42. The van der Waals surface area contributed by atoms with Crippen molar-refractivity contribution in [3.63, 3.8) is 0 Å². The number of hydrogen-bond donors (Lipinski definition) is 1. The lowest BCUT2D eigenvalue weighted by Gasteiger charge is -2.45. The van der Waals surface area contributed by atoms with E-state index in [1.807, 2.05) is 0 Å². The van der Waals surface area contributed by atoms with Crippen LogP contribution in [-0.4, -0.2) is 24.8 Å². The minimum Gasteiger partial charge on any atom is -0.374 e. The molecule has 0 heterocycles. The molecule has 1 unspecified atom stereocenters. The molecule has 1 N–H and O–H groups in total. The van der Waals surface area contributed by atoms with Gasteiger partial charge in [0.25, 0.3) is 0 Å². The van der Waals surface area contributed by atoms with Gasteiger partial charge in [0.2, 0.25) is 0 Å². The van der Waals surface area contributed by atoms with E-state index in [4.69, 9.17) is 4.74 Å². The predicted octanol–water partition coefficient (Wildman–Crippen LogP) is 3.75. The van der Waals surface area contributed by atoms with E-state index in [1.165, 1.54) is 32.1 Å². The number of hydrogen-bond acceptors (Lipinski definition) is 2. The van der Waals surface area contributed by atoms with Gasteiger partial charge < -0.3 is 10.1 Å². The van der Waals surface area contributed by atoms with Gasteiger partial charge in [-0.1, -0.05) is 40.5 Å². The molecule has 0 saturated heterocycles. The van der Waals surface area contributed by atoms with E-state index >= 15 is 0 Å². The molecule has 0 amide bonds. The van der Waals surface area contributed by atoms with Crippen LogP contribution in [0.4, 0.5) is 0 Å². The zero-order chi connectivity index (χ0) is 12.9. The van der Waals surface area contributed by atoms with Crippen LogP contribution in [0.25, 0.3) is 0 Å². The lowest BCUT2D eigenvalue weighted by molar-refractivity contribution is -0.0867. The second-order valence-electron chi connectivity index (χ2n) is 6.46. The Morgan fingerprint density at radius 1 is 1.18 bits per heavy atom. The average molecular weight is 241 g/mol. The van der Waals surface area contributed by atoms with Gasteiger partial charge in [-0.2, -0.15) is 0 Å². The maximum atomic E-state index is 6.21. The van der Waals surface area contributed by atoms with Crippen molar-refractivity contribution in [1.29, 1.82) is 0 Å². The standard InChI is InChI=1S/C15H31NO/c1-6-12-16-13(14(3,4)5)15(17-7-2)10-8-9-11-15/h13,16H,6-12H2,1-5H3. The van der Waals surface area contributed by atoms with E-state index in [2.05, 4.69) is 39.9 Å². The van der Waals surface area contributed by atoms with Crippen molar-refractivity contribution in [1.82, 2.24) is 5.32 Å². The summed E-state index contributed by atoms with van der Waals surface area (Å²) in [5, 5.41) is 3.75. The molecule has 0 aromatic rings. The number of ether oxygens (including phenoxy) is 1. The maximum Gasteiger partial charge on any atom is 0.0839 e. The van der Waals surface area contributed by atoms with Crippen LogP contribution in [0, 0.1) is 5.41 Å². The molecule has 1 saturated carbocycles. The van der Waals surface area contributed by atoms with Gasteiger partial charge in [0.05, 0.1) is 5.60 Å². The first-order valence-electron chi connectivity index (χ1n) is 7.33. The van der Waals surface area contributed by atoms with Crippen molar-refractivity contribution in [2.75, 3.05) is 13.2 Å². The van der Waals surface area contributed by atoms with Crippen molar-refractivity contribution in [3.05, 3.63) is 0 Å². The first-order chi connectivity index (χ1) is 7.96. The molecule has 0 aromatic carbocycles. The van der Waals surface area contributed by atoms with Crippen molar-refractivity contribution < 1.29 is 4.74 Å². The highest BCUT2D eigenvalue weighted by molar-refractivity contribution is 5.02. The lowest BCUT2D eigenvalue weighted by Crippen LogP contribution is -2.57. The third-order valence-electron chi connectivity index (χ3n) is 3.87. The smallest absolute Gasteiger partial charge is 0.0839 e. The monoisotopic (exact) mass is 241 g/mol. The Morgan fingerprint density at radius 3 is 2.18 bits per heavy atom. The molecule has 1 fully saturated rings. The Morgan fingerprint density at radius 2 is 1.76 bits per heavy atom. The molecule has 102 valence electrons. The van der Waals surface area contributed by atoms with E-state index < -0.39 is 0 Å². The molecule has 2 heteroatoms. The van der Waals surface area contributed by atoms with Crippen LogP contribution in [0.15, 0.2) is 0 Å². The molecule has 0 aliphatic heterocycles. The summed E-state index contributed by atoms with van der Waals surface area (Å²) in [6, 6.07) is 0.470.